The Kier molecular flexibility index (Phi) is 7.23. The number of carbonyl (C=O) groups is 1. The first-order chi connectivity index (χ1) is 16.0. The molecule has 1 atom stereocenters. The molecular weight excluding hydrogens is 436 g/mol. The molecule has 3 aromatic rings. The molecule has 8 heteroatoms. The van der Waals surface area contributed by atoms with E-state index in [4.69, 9.17) is 9.47 Å². The largest absolute Gasteiger partial charge is 0.493 e. The van der Waals surface area contributed by atoms with E-state index in [0.717, 1.165) is 30.6 Å². The van der Waals surface area contributed by atoms with Crippen LogP contribution < -0.4 is 9.47 Å². The van der Waals surface area contributed by atoms with Gasteiger partial charge in [0.2, 0.25) is 5.91 Å². The third-order valence-electron chi connectivity index (χ3n) is 6.04. The lowest BCUT2D eigenvalue weighted by Crippen LogP contribution is -2.32. The van der Waals surface area contributed by atoms with E-state index in [1.807, 2.05) is 27.7 Å². The number of rotatable bonds is 8. The van der Waals surface area contributed by atoms with E-state index in [9.17, 15) is 4.79 Å². The van der Waals surface area contributed by atoms with Crippen molar-refractivity contribution in [1.29, 1.82) is 0 Å². The molecule has 2 aromatic carbocycles. The number of nitrogens with zero attached hydrogens (tertiary/aromatic N) is 4. The van der Waals surface area contributed by atoms with Crippen LogP contribution in [0.25, 0.3) is 5.69 Å². The molecule has 1 fully saturated rings. The minimum Gasteiger partial charge on any atom is -0.493 e. The summed E-state index contributed by atoms with van der Waals surface area (Å²) in [6.07, 6.45) is 3.61. The third-order valence-corrected chi connectivity index (χ3v) is 6.97. The van der Waals surface area contributed by atoms with Gasteiger partial charge in [-0.2, -0.15) is 0 Å². The van der Waals surface area contributed by atoms with Crippen LogP contribution in [0.5, 0.6) is 11.5 Å². The molecule has 33 heavy (non-hydrogen) atoms. The Bertz CT molecular complexity index is 1100. The van der Waals surface area contributed by atoms with Crippen molar-refractivity contribution in [1.82, 2.24) is 19.7 Å². The first-order valence-corrected chi connectivity index (χ1v) is 12.1. The van der Waals surface area contributed by atoms with E-state index in [1.165, 1.54) is 17.3 Å². The average Bonchev–Trinajstić information content (AvgIpc) is 3.52. The Morgan fingerprint density at radius 2 is 1.88 bits per heavy atom. The molecule has 0 aliphatic carbocycles. The predicted octanol–water partition coefficient (Wildman–Crippen LogP) is 4.86. The Hall–Kier alpha value is -3.00. The second-order valence-electron chi connectivity index (χ2n) is 8.38. The number of likely N-dealkylation sites (tertiary alicyclic amines) is 1. The van der Waals surface area contributed by atoms with E-state index in [1.54, 1.807) is 20.5 Å². The smallest absolute Gasteiger partial charge is 0.233 e. The van der Waals surface area contributed by atoms with Gasteiger partial charge in [0.25, 0.3) is 0 Å². The van der Waals surface area contributed by atoms with Crippen molar-refractivity contribution in [2.75, 3.05) is 26.5 Å². The van der Waals surface area contributed by atoms with Crippen molar-refractivity contribution >= 4 is 17.7 Å². The van der Waals surface area contributed by atoms with Crippen molar-refractivity contribution in [3.05, 3.63) is 59.9 Å². The number of thioether (sulfide) groups is 1. The van der Waals surface area contributed by atoms with E-state index >= 15 is 0 Å². The standard InChI is InChI=1S/C25H30N4O3S/c1-17(2)18-7-10-20(11-8-18)29-16-26-27-25(29)33-15-24(30)28-13-5-6-21(28)19-9-12-22(31-3)23(14-19)32-4/h7-12,14,16-17,21H,5-6,13,15H2,1-4H3. The van der Waals surface area contributed by atoms with Gasteiger partial charge in [-0.15, -0.1) is 10.2 Å². The maximum Gasteiger partial charge on any atom is 0.233 e. The quantitative estimate of drug-likeness (QED) is 0.442. The number of ether oxygens (including phenoxy) is 2. The predicted molar refractivity (Wildman–Crippen MR) is 129 cm³/mol. The molecule has 0 N–H and O–H groups in total. The van der Waals surface area contributed by atoms with Gasteiger partial charge in [0.1, 0.15) is 6.33 Å². The van der Waals surface area contributed by atoms with Gasteiger partial charge in [-0.3, -0.25) is 9.36 Å². The van der Waals surface area contributed by atoms with E-state index in [0.29, 0.717) is 28.3 Å². The summed E-state index contributed by atoms with van der Waals surface area (Å²) in [6.45, 7) is 5.10. The summed E-state index contributed by atoms with van der Waals surface area (Å²) in [5.74, 6) is 2.26. The molecule has 7 nitrogen and oxygen atoms in total. The minimum atomic E-state index is 0.0411. The minimum absolute atomic E-state index is 0.0411. The monoisotopic (exact) mass is 466 g/mol. The second kappa shape index (κ2) is 10.3. The fraction of sp³-hybridized carbons (Fsp3) is 0.400. The lowest BCUT2D eigenvalue weighted by molar-refractivity contribution is -0.129. The summed E-state index contributed by atoms with van der Waals surface area (Å²) in [5, 5.41) is 9.02. The van der Waals surface area contributed by atoms with Crippen LogP contribution in [0.3, 0.4) is 0 Å². The summed E-state index contributed by atoms with van der Waals surface area (Å²) in [5.41, 5.74) is 3.34. The zero-order chi connectivity index (χ0) is 23.4. The topological polar surface area (TPSA) is 69.5 Å². The zero-order valence-corrected chi connectivity index (χ0v) is 20.3. The highest BCUT2D eigenvalue weighted by atomic mass is 32.2. The van der Waals surface area contributed by atoms with Crippen LogP contribution in [0.1, 0.15) is 49.8 Å². The first kappa shape index (κ1) is 23.2. The van der Waals surface area contributed by atoms with E-state index in [2.05, 4.69) is 48.3 Å². The first-order valence-electron chi connectivity index (χ1n) is 11.2. The molecule has 1 aromatic heterocycles. The molecule has 1 unspecified atom stereocenters. The molecule has 1 amide bonds. The van der Waals surface area contributed by atoms with Gasteiger partial charge in [0.15, 0.2) is 16.7 Å². The maximum atomic E-state index is 13.2. The number of amides is 1. The van der Waals surface area contributed by atoms with Crippen molar-refractivity contribution in [3.8, 4) is 17.2 Å². The second-order valence-corrected chi connectivity index (χ2v) is 9.32. The molecule has 174 valence electrons. The van der Waals surface area contributed by atoms with Gasteiger partial charge in [0, 0.05) is 12.2 Å². The maximum absolute atomic E-state index is 13.2. The summed E-state index contributed by atoms with van der Waals surface area (Å²) < 4.78 is 12.7. The Morgan fingerprint density at radius 1 is 1.12 bits per heavy atom. The average molecular weight is 467 g/mol. The molecule has 0 saturated carbocycles. The molecule has 0 radical (unpaired) electrons. The van der Waals surface area contributed by atoms with E-state index < -0.39 is 0 Å². The highest BCUT2D eigenvalue weighted by Crippen LogP contribution is 2.37. The van der Waals surface area contributed by atoms with Crippen molar-refractivity contribution in [2.24, 2.45) is 0 Å². The number of hydrogen-bond acceptors (Lipinski definition) is 6. The van der Waals surface area contributed by atoms with Crippen LogP contribution >= 0.6 is 11.8 Å². The van der Waals surface area contributed by atoms with Gasteiger partial charge in [-0.25, -0.2) is 0 Å². The number of aromatic nitrogens is 3. The molecular formula is C25H30N4O3S. The normalized spacial score (nSPS) is 15.8. The van der Waals surface area contributed by atoms with Gasteiger partial charge < -0.3 is 14.4 Å². The molecule has 1 aliphatic heterocycles. The number of methoxy groups -OCH3 is 2. The summed E-state index contributed by atoms with van der Waals surface area (Å²) >= 11 is 1.42. The third kappa shape index (κ3) is 5.00. The van der Waals surface area contributed by atoms with Crippen LogP contribution in [-0.4, -0.2) is 52.1 Å². The number of hydrogen-bond donors (Lipinski definition) is 0. The van der Waals surface area contributed by atoms with E-state index in [-0.39, 0.29) is 11.9 Å². The number of carbonyl (C=O) groups excluding carboxylic acids is 1. The SMILES string of the molecule is COc1ccc(C2CCCN2C(=O)CSc2nncn2-c2ccc(C(C)C)cc2)cc1OC. The highest BCUT2D eigenvalue weighted by Gasteiger charge is 2.30. The molecule has 4 rings (SSSR count). The lowest BCUT2D eigenvalue weighted by Gasteiger charge is -2.25. The van der Waals surface area contributed by atoms with Crippen molar-refractivity contribution in [2.45, 2.75) is 43.8 Å². The van der Waals surface area contributed by atoms with Crippen molar-refractivity contribution in [3.63, 3.8) is 0 Å². The van der Waals surface area contributed by atoms with Gasteiger partial charge in [-0.1, -0.05) is 43.8 Å². The van der Waals surface area contributed by atoms with Gasteiger partial charge in [-0.05, 0) is 54.2 Å². The van der Waals surface area contributed by atoms with Crippen LogP contribution in [0.4, 0.5) is 0 Å². The van der Waals surface area contributed by atoms with Crippen molar-refractivity contribution < 1.29 is 14.3 Å². The summed E-state index contributed by atoms with van der Waals surface area (Å²) in [4.78, 5) is 15.1. The summed E-state index contributed by atoms with van der Waals surface area (Å²) in [6, 6.07) is 14.3. The highest BCUT2D eigenvalue weighted by molar-refractivity contribution is 7.99. The molecule has 0 bridgehead atoms. The van der Waals surface area contributed by atoms with Gasteiger partial charge in [0.05, 0.1) is 26.0 Å². The fourth-order valence-corrected chi connectivity index (χ4v) is 5.02. The Morgan fingerprint density at radius 3 is 2.58 bits per heavy atom. The number of benzene rings is 2. The Labute approximate surface area is 199 Å². The molecule has 2 heterocycles. The molecule has 1 aliphatic rings. The lowest BCUT2D eigenvalue weighted by atomic mass is 10.0. The Balaban J connectivity index is 1.45. The molecule has 0 spiro atoms. The van der Waals surface area contributed by atoms with Crippen LogP contribution in [0, 0.1) is 0 Å². The zero-order valence-electron chi connectivity index (χ0n) is 19.5. The fourth-order valence-electron chi connectivity index (χ4n) is 4.20. The molecule has 1 saturated heterocycles. The van der Waals surface area contributed by atoms with Crippen LogP contribution in [0.2, 0.25) is 0 Å². The van der Waals surface area contributed by atoms with Crippen LogP contribution in [0.15, 0.2) is 53.9 Å². The van der Waals surface area contributed by atoms with Gasteiger partial charge >= 0.3 is 0 Å². The van der Waals surface area contributed by atoms with Crippen LogP contribution in [-0.2, 0) is 4.79 Å². The summed E-state index contributed by atoms with van der Waals surface area (Å²) in [7, 11) is 3.25.